The van der Waals surface area contributed by atoms with E-state index in [0.717, 1.165) is 32.4 Å². The Morgan fingerprint density at radius 1 is 0.739 bits per heavy atom. The minimum absolute atomic E-state index is 0.945. The number of thiazole rings is 1. The van der Waals surface area contributed by atoms with Gasteiger partial charge in [-0.3, -0.25) is 0 Å². The van der Waals surface area contributed by atoms with E-state index in [1.165, 1.54) is 74.7 Å². The molecule has 0 amide bonds. The van der Waals surface area contributed by atoms with E-state index in [9.17, 15) is 0 Å². The molecule has 5 aromatic carbocycles. The van der Waals surface area contributed by atoms with Crippen LogP contribution in [0.4, 0.5) is 5.69 Å². The number of aromatic nitrogens is 1. The Balaban J connectivity index is 1.21. The Morgan fingerprint density at radius 2 is 1.48 bits per heavy atom. The third kappa shape index (κ3) is 5.10. The van der Waals surface area contributed by atoms with Crippen LogP contribution in [0.1, 0.15) is 43.7 Å². The van der Waals surface area contributed by atoms with Crippen molar-refractivity contribution in [2.45, 2.75) is 44.6 Å². The lowest BCUT2D eigenvalue weighted by atomic mass is 9.83. The lowest BCUT2D eigenvalue weighted by molar-refractivity contribution is -0.664. The molecular formula is C42H37N2S2+. The monoisotopic (exact) mass is 633 g/mol. The second-order valence-electron chi connectivity index (χ2n) is 11.9. The van der Waals surface area contributed by atoms with Gasteiger partial charge in [0.15, 0.2) is 0 Å². The average molecular weight is 634 g/mol. The summed E-state index contributed by atoms with van der Waals surface area (Å²) in [7, 11) is 0. The van der Waals surface area contributed by atoms with Crippen molar-refractivity contribution in [3.63, 3.8) is 0 Å². The smallest absolute Gasteiger partial charge is 0.262 e. The number of thioether (sulfide) groups is 1. The highest BCUT2D eigenvalue weighted by Gasteiger charge is 2.26. The zero-order valence-corrected chi connectivity index (χ0v) is 28.0. The van der Waals surface area contributed by atoms with E-state index in [4.69, 9.17) is 0 Å². The number of rotatable bonds is 6. The molecule has 1 aliphatic carbocycles. The molecule has 0 radical (unpaired) electrons. The van der Waals surface area contributed by atoms with Crippen LogP contribution in [0.2, 0.25) is 0 Å². The molecule has 0 saturated carbocycles. The second-order valence-corrected chi connectivity index (χ2v) is 14.1. The molecule has 6 aromatic rings. The predicted octanol–water partition coefficient (Wildman–Crippen LogP) is 11.6. The molecule has 0 N–H and O–H groups in total. The number of nitrogens with zero attached hydrogens (tertiary/aromatic N) is 2. The van der Waals surface area contributed by atoms with E-state index in [1.54, 1.807) is 0 Å². The summed E-state index contributed by atoms with van der Waals surface area (Å²) in [6, 6.07) is 37.6. The molecule has 0 bridgehead atoms. The number of hydrogen-bond donors (Lipinski definition) is 0. The molecule has 2 nitrogen and oxygen atoms in total. The van der Waals surface area contributed by atoms with Gasteiger partial charge in [-0.25, -0.2) is 0 Å². The third-order valence-corrected chi connectivity index (χ3v) is 11.5. The summed E-state index contributed by atoms with van der Waals surface area (Å²) in [4.78, 5) is 3.83. The van der Waals surface area contributed by atoms with E-state index >= 15 is 0 Å². The summed E-state index contributed by atoms with van der Waals surface area (Å²) >= 11 is 3.79. The molecule has 0 saturated heterocycles. The minimum Gasteiger partial charge on any atom is -0.335 e. The standard InChI is InChI=1S/C42H37N2S2/c1-3-43-38(45-36-25-21-29-13-8-10-19-34(29)41(36)43)27-23-32-17-12-18-33(40(32)31-15-6-5-7-16-31)24-28-39-44(4-2)42-35-20-11-9-14-30(35)22-26-37(42)46-39/h5-11,13-16,19-28H,3-4,12,17-18H2,1-2H3/q+1. The first-order chi connectivity index (χ1) is 22.7. The predicted molar refractivity (Wildman–Crippen MR) is 200 cm³/mol. The van der Waals surface area contributed by atoms with Crippen molar-refractivity contribution >= 4 is 72.2 Å². The number of fused-ring (bicyclic) bond motifs is 6. The van der Waals surface area contributed by atoms with Gasteiger partial charge >= 0.3 is 0 Å². The molecule has 0 spiro atoms. The number of hydrogen-bond acceptors (Lipinski definition) is 3. The van der Waals surface area contributed by atoms with E-state index in [-0.39, 0.29) is 0 Å². The Morgan fingerprint density at radius 3 is 2.28 bits per heavy atom. The van der Waals surface area contributed by atoms with Crippen LogP contribution in [0.15, 0.2) is 142 Å². The first kappa shape index (κ1) is 29.1. The maximum atomic E-state index is 2.49. The van der Waals surface area contributed by atoms with Gasteiger partial charge in [-0.1, -0.05) is 120 Å². The van der Waals surface area contributed by atoms with Gasteiger partial charge in [0.1, 0.15) is 11.2 Å². The summed E-state index contributed by atoms with van der Waals surface area (Å²) in [6.45, 7) is 6.41. The molecule has 46 heavy (non-hydrogen) atoms. The number of aryl methyl sites for hydroxylation is 1. The van der Waals surface area contributed by atoms with Crippen LogP contribution in [0, 0.1) is 0 Å². The topological polar surface area (TPSA) is 7.12 Å². The van der Waals surface area contributed by atoms with Crippen molar-refractivity contribution in [3.8, 4) is 0 Å². The summed E-state index contributed by atoms with van der Waals surface area (Å²) in [5.41, 5.74) is 8.24. The van der Waals surface area contributed by atoms with Gasteiger partial charge < -0.3 is 4.90 Å². The molecule has 0 atom stereocenters. The number of allylic oxidation sites excluding steroid dienone is 6. The van der Waals surface area contributed by atoms with Crippen LogP contribution in [0.25, 0.3) is 43.4 Å². The first-order valence-corrected chi connectivity index (χ1v) is 18.1. The Hall–Kier alpha value is -4.38. The van der Waals surface area contributed by atoms with E-state index in [1.807, 2.05) is 23.1 Å². The van der Waals surface area contributed by atoms with Gasteiger partial charge in [0.2, 0.25) is 5.52 Å². The maximum Gasteiger partial charge on any atom is 0.262 e. The largest absolute Gasteiger partial charge is 0.335 e. The van der Waals surface area contributed by atoms with Gasteiger partial charge in [0.05, 0.1) is 16.1 Å². The molecule has 0 fully saturated rings. The normalized spacial score (nSPS) is 17.0. The highest BCUT2D eigenvalue weighted by Crippen LogP contribution is 2.49. The molecule has 1 aliphatic heterocycles. The van der Waals surface area contributed by atoms with Gasteiger partial charge in [0, 0.05) is 22.9 Å². The van der Waals surface area contributed by atoms with Crippen molar-refractivity contribution in [1.29, 1.82) is 0 Å². The molecule has 226 valence electrons. The van der Waals surface area contributed by atoms with E-state index in [2.05, 4.69) is 151 Å². The van der Waals surface area contributed by atoms with E-state index < -0.39 is 0 Å². The summed E-state index contributed by atoms with van der Waals surface area (Å²) in [5.74, 6) is 0. The Labute approximate surface area is 279 Å². The molecule has 1 aromatic heterocycles. The van der Waals surface area contributed by atoms with Crippen molar-refractivity contribution in [2.24, 2.45) is 0 Å². The van der Waals surface area contributed by atoms with Crippen LogP contribution in [-0.4, -0.2) is 6.54 Å². The van der Waals surface area contributed by atoms with Crippen LogP contribution in [-0.2, 0) is 6.54 Å². The first-order valence-electron chi connectivity index (χ1n) is 16.4. The van der Waals surface area contributed by atoms with Crippen LogP contribution >= 0.6 is 23.1 Å². The Kier molecular flexibility index (Phi) is 7.85. The average Bonchev–Trinajstić information content (AvgIpc) is 3.68. The van der Waals surface area contributed by atoms with Crippen molar-refractivity contribution in [3.05, 3.63) is 148 Å². The van der Waals surface area contributed by atoms with Gasteiger partial charge in [-0.15, -0.1) is 0 Å². The zero-order valence-electron chi connectivity index (χ0n) is 26.4. The SMILES string of the molecule is CCN1/C(=C/C=C2\CCCC(/C=C/c3sc4ccc5ccccc5c4[n+]3CC)=C2c2ccccc2)Sc2ccc3ccccc3c21. The fourth-order valence-electron chi connectivity index (χ4n) is 7.20. The summed E-state index contributed by atoms with van der Waals surface area (Å²) in [5, 5.41) is 7.87. The van der Waals surface area contributed by atoms with Gasteiger partial charge in [-0.2, -0.15) is 4.57 Å². The van der Waals surface area contributed by atoms with Gasteiger partial charge in [-0.05, 0) is 90.4 Å². The summed E-state index contributed by atoms with van der Waals surface area (Å²) < 4.78 is 3.83. The Bertz CT molecular complexity index is 2230. The quantitative estimate of drug-likeness (QED) is 0.169. The van der Waals surface area contributed by atoms with Crippen LogP contribution in [0.5, 0.6) is 0 Å². The third-order valence-electron chi connectivity index (χ3n) is 9.31. The van der Waals surface area contributed by atoms with Crippen molar-refractivity contribution < 1.29 is 4.57 Å². The molecule has 2 aliphatic rings. The number of anilines is 1. The fourth-order valence-corrected chi connectivity index (χ4v) is 9.49. The zero-order chi connectivity index (χ0) is 31.0. The molecule has 4 heteroatoms. The lowest BCUT2D eigenvalue weighted by Crippen LogP contribution is -2.33. The highest BCUT2D eigenvalue weighted by atomic mass is 32.2. The molecule has 8 rings (SSSR count). The van der Waals surface area contributed by atoms with Crippen molar-refractivity contribution in [2.75, 3.05) is 11.4 Å². The molecule has 2 heterocycles. The second kappa shape index (κ2) is 12.4. The molecule has 0 unspecified atom stereocenters. The summed E-state index contributed by atoms with van der Waals surface area (Å²) in [6.07, 6.45) is 12.9. The minimum atomic E-state index is 0.945. The molecular weight excluding hydrogens is 597 g/mol. The van der Waals surface area contributed by atoms with Crippen LogP contribution < -0.4 is 9.47 Å². The van der Waals surface area contributed by atoms with Crippen LogP contribution in [0.3, 0.4) is 0 Å². The van der Waals surface area contributed by atoms with E-state index in [0.29, 0.717) is 0 Å². The van der Waals surface area contributed by atoms with Gasteiger partial charge in [0.25, 0.3) is 5.01 Å². The number of benzene rings is 5. The maximum absolute atomic E-state index is 2.49. The van der Waals surface area contributed by atoms with Crippen molar-refractivity contribution in [1.82, 2.24) is 0 Å². The lowest BCUT2D eigenvalue weighted by Gasteiger charge is -2.23. The fraction of sp³-hybridized carbons (Fsp3) is 0.167. The highest BCUT2D eigenvalue weighted by molar-refractivity contribution is 8.03.